The number of piperazine rings is 1. The van der Waals surface area contributed by atoms with Crippen molar-refractivity contribution in [3.8, 4) is 0 Å². The fourth-order valence-corrected chi connectivity index (χ4v) is 3.54. The topological polar surface area (TPSA) is 54.3 Å². The lowest BCUT2D eigenvalue weighted by Crippen LogP contribution is -2.49. The van der Waals surface area contributed by atoms with E-state index in [0.717, 1.165) is 30.8 Å². The van der Waals surface area contributed by atoms with Gasteiger partial charge in [0.1, 0.15) is 12.7 Å². The first-order valence-corrected chi connectivity index (χ1v) is 9.16. The molecule has 6 heteroatoms. The van der Waals surface area contributed by atoms with Crippen LogP contribution in [-0.2, 0) is 6.54 Å². The Morgan fingerprint density at radius 3 is 2.56 bits per heavy atom. The number of nitrogens with zero attached hydrogens (tertiary/aromatic N) is 5. The van der Waals surface area contributed by atoms with Crippen LogP contribution in [0.25, 0.3) is 0 Å². The highest BCUT2D eigenvalue weighted by atomic mass is 16.2. The normalized spacial score (nSPS) is 17.8. The van der Waals surface area contributed by atoms with Gasteiger partial charge in [-0.15, -0.1) is 0 Å². The van der Waals surface area contributed by atoms with E-state index in [4.69, 9.17) is 0 Å². The van der Waals surface area contributed by atoms with Crippen LogP contribution in [0.2, 0.25) is 0 Å². The van der Waals surface area contributed by atoms with Gasteiger partial charge in [0.05, 0.1) is 12.6 Å². The van der Waals surface area contributed by atoms with Crippen molar-refractivity contribution < 1.29 is 4.79 Å². The Balaban J connectivity index is 1.53. The second kappa shape index (κ2) is 7.72. The highest BCUT2D eigenvalue weighted by Gasteiger charge is 2.30. The Kier molecular flexibility index (Phi) is 4.98. The maximum absolute atomic E-state index is 13.2. The minimum atomic E-state index is 0.0762. The van der Waals surface area contributed by atoms with Crippen LogP contribution < -0.4 is 0 Å². The number of rotatable bonds is 4. The molecule has 1 aromatic heterocycles. The summed E-state index contributed by atoms with van der Waals surface area (Å²) in [6.45, 7) is 3.12. The van der Waals surface area contributed by atoms with E-state index < -0.39 is 0 Å². The van der Waals surface area contributed by atoms with Gasteiger partial charge >= 0.3 is 0 Å². The Labute approximate surface area is 159 Å². The third-order valence-electron chi connectivity index (χ3n) is 5.04. The largest absolute Gasteiger partial charge is 0.329 e. The fraction of sp³-hybridized carbons (Fsp3) is 0.286. The molecule has 0 spiro atoms. The molecule has 4 rings (SSSR count). The summed E-state index contributed by atoms with van der Waals surface area (Å²) in [6, 6.07) is 18.2. The Morgan fingerprint density at radius 2 is 1.85 bits per heavy atom. The molecule has 3 aromatic rings. The van der Waals surface area contributed by atoms with Crippen molar-refractivity contribution in [3.63, 3.8) is 0 Å². The summed E-state index contributed by atoms with van der Waals surface area (Å²) in [7, 11) is 2.11. The third kappa shape index (κ3) is 3.90. The van der Waals surface area contributed by atoms with Crippen molar-refractivity contribution in [1.82, 2.24) is 24.6 Å². The molecule has 27 heavy (non-hydrogen) atoms. The van der Waals surface area contributed by atoms with E-state index in [-0.39, 0.29) is 11.9 Å². The Hall–Kier alpha value is -2.99. The molecule has 2 aromatic carbocycles. The Morgan fingerprint density at radius 1 is 1.07 bits per heavy atom. The van der Waals surface area contributed by atoms with E-state index >= 15 is 0 Å². The van der Waals surface area contributed by atoms with Crippen LogP contribution >= 0.6 is 0 Å². The first-order chi connectivity index (χ1) is 13.2. The van der Waals surface area contributed by atoms with Crippen molar-refractivity contribution >= 4 is 5.91 Å². The van der Waals surface area contributed by atoms with Crippen LogP contribution in [0.1, 0.15) is 27.5 Å². The lowest BCUT2D eigenvalue weighted by atomic mass is 10.0. The van der Waals surface area contributed by atoms with E-state index in [1.165, 1.54) is 11.9 Å². The zero-order chi connectivity index (χ0) is 18.6. The molecule has 1 fully saturated rings. The SMILES string of the molecule is CN1CCN(C(=O)c2ccc(Cn3cncn3)cc2)C(c2ccccc2)C1. The summed E-state index contributed by atoms with van der Waals surface area (Å²) in [5, 5.41) is 4.12. The van der Waals surface area contributed by atoms with Gasteiger partial charge in [-0.25, -0.2) is 9.67 Å². The number of hydrogen-bond acceptors (Lipinski definition) is 4. The molecule has 1 aliphatic heterocycles. The molecule has 1 amide bonds. The lowest BCUT2D eigenvalue weighted by molar-refractivity contribution is 0.0498. The van der Waals surface area contributed by atoms with E-state index in [1.807, 2.05) is 47.4 Å². The molecule has 1 saturated heterocycles. The molecule has 0 N–H and O–H groups in total. The summed E-state index contributed by atoms with van der Waals surface area (Å²) in [4.78, 5) is 21.4. The summed E-state index contributed by atoms with van der Waals surface area (Å²) in [5.41, 5.74) is 3.00. The van der Waals surface area contributed by atoms with Crippen LogP contribution in [0.4, 0.5) is 0 Å². The van der Waals surface area contributed by atoms with E-state index in [2.05, 4.69) is 34.2 Å². The number of aromatic nitrogens is 3. The number of carbonyl (C=O) groups is 1. The van der Waals surface area contributed by atoms with Gasteiger partial charge in [-0.3, -0.25) is 4.79 Å². The number of amides is 1. The average Bonchev–Trinajstić information content (AvgIpc) is 3.22. The first-order valence-electron chi connectivity index (χ1n) is 9.16. The summed E-state index contributed by atoms with van der Waals surface area (Å²) in [6.07, 6.45) is 3.21. The van der Waals surface area contributed by atoms with E-state index in [9.17, 15) is 4.79 Å². The quantitative estimate of drug-likeness (QED) is 0.716. The predicted molar refractivity (Wildman–Crippen MR) is 103 cm³/mol. The summed E-state index contributed by atoms with van der Waals surface area (Å²) in [5.74, 6) is 0.0873. The van der Waals surface area contributed by atoms with Gasteiger partial charge in [-0.1, -0.05) is 42.5 Å². The third-order valence-corrected chi connectivity index (χ3v) is 5.04. The minimum absolute atomic E-state index is 0.0762. The monoisotopic (exact) mass is 361 g/mol. The molecular formula is C21H23N5O. The first kappa shape index (κ1) is 17.4. The van der Waals surface area contributed by atoms with Gasteiger partial charge in [-0.2, -0.15) is 5.10 Å². The number of hydrogen-bond donors (Lipinski definition) is 0. The van der Waals surface area contributed by atoms with Crippen LogP contribution in [0.5, 0.6) is 0 Å². The van der Waals surface area contributed by atoms with Crippen LogP contribution in [0, 0.1) is 0 Å². The zero-order valence-corrected chi connectivity index (χ0v) is 15.4. The maximum Gasteiger partial charge on any atom is 0.254 e. The second-order valence-electron chi connectivity index (χ2n) is 6.98. The van der Waals surface area contributed by atoms with Crippen molar-refractivity contribution in [2.75, 3.05) is 26.7 Å². The standard InChI is InChI=1S/C21H23N5O/c1-24-11-12-26(20(14-24)18-5-3-2-4-6-18)21(27)19-9-7-17(8-10-19)13-25-16-22-15-23-25/h2-10,15-16,20H,11-14H2,1H3. The Bertz CT molecular complexity index is 877. The molecule has 2 heterocycles. The average molecular weight is 361 g/mol. The lowest BCUT2D eigenvalue weighted by Gasteiger charge is -2.40. The van der Waals surface area contributed by atoms with Crippen molar-refractivity contribution in [3.05, 3.63) is 83.9 Å². The summed E-state index contributed by atoms with van der Waals surface area (Å²) >= 11 is 0. The number of carbonyl (C=O) groups excluding carboxylic acids is 1. The molecule has 0 saturated carbocycles. The van der Waals surface area contributed by atoms with E-state index in [0.29, 0.717) is 6.54 Å². The molecule has 1 unspecified atom stereocenters. The van der Waals surface area contributed by atoms with Gasteiger partial charge in [-0.05, 0) is 30.3 Å². The summed E-state index contributed by atoms with van der Waals surface area (Å²) < 4.78 is 1.77. The van der Waals surface area contributed by atoms with Crippen molar-refractivity contribution in [2.45, 2.75) is 12.6 Å². The zero-order valence-electron chi connectivity index (χ0n) is 15.4. The van der Waals surface area contributed by atoms with E-state index in [1.54, 1.807) is 11.0 Å². The molecule has 0 radical (unpaired) electrons. The van der Waals surface area contributed by atoms with Gasteiger partial charge < -0.3 is 9.80 Å². The smallest absolute Gasteiger partial charge is 0.254 e. The fourth-order valence-electron chi connectivity index (χ4n) is 3.54. The molecule has 138 valence electrons. The van der Waals surface area contributed by atoms with Crippen molar-refractivity contribution in [1.29, 1.82) is 0 Å². The van der Waals surface area contributed by atoms with Gasteiger partial charge in [0.15, 0.2) is 0 Å². The van der Waals surface area contributed by atoms with Gasteiger partial charge in [0.25, 0.3) is 5.91 Å². The number of benzene rings is 2. The molecule has 1 aliphatic rings. The van der Waals surface area contributed by atoms with Crippen molar-refractivity contribution in [2.24, 2.45) is 0 Å². The number of likely N-dealkylation sites (N-methyl/N-ethyl adjacent to an activating group) is 1. The highest BCUT2D eigenvalue weighted by Crippen LogP contribution is 2.26. The second-order valence-corrected chi connectivity index (χ2v) is 6.98. The van der Waals surface area contributed by atoms with Crippen LogP contribution in [0.15, 0.2) is 67.3 Å². The highest BCUT2D eigenvalue weighted by molar-refractivity contribution is 5.94. The van der Waals surface area contributed by atoms with Gasteiger partial charge in [0.2, 0.25) is 0 Å². The maximum atomic E-state index is 13.2. The minimum Gasteiger partial charge on any atom is -0.329 e. The molecule has 6 nitrogen and oxygen atoms in total. The van der Waals surface area contributed by atoms with Crippen LogP contribution in [-0.4, -0.2) is 57.2 Å². The molecule has 1 atom stereocenters. The molecule has 0 aliphatic carbocycles. The van der Waals surface area contributed by atoms with Gasteiger partial charge in [0, 0.05) is 25.2 Å². The predicted octanol–water partition coefficient (Wildman–Crippen LogP) is 2.46. The molecule has 0 bridgehead atoms. The van der Waals surface area contributed by atoms with Crippen LogP contribution in [0.3, 0.4) is 0 Å². The molecular weight excluding hydrogens is 338 g/mol.